The summed E-state index contributed by atoms with van der Waals surface area (Å²) in [5, 5.41) is 5.91. The first-order chi connectivity index (χ1) is 13.4. The molecule has 28 heavy (non-hydrogen) atoms. The Morgan fingerprint density at radius 3 is 2.36 bits per heavy atom. The van der Waals surface area contributed by atoms with Crippen LogP contribution in [0.4, 0.5) is 11.4 Å². The molecule has 2 N–H and O–H groups in total. The molecule has 0 radical (unpaired) electrons. The van der Waals surface area contributed by atoms with E-state index in [-0.39, 0.29) is 10.8 Å². The number of nitrogens with zero attached hydrogens (tertiary/aromatic N) is 1. The molecule has 1 aliphatic heterocycles. The van der Waals surface area contributed by atoms with Crippen LogP contribution in [-0.2, 0) is 14.8 Å². The fourth-order valence-electron chi connectivity index (χ4n) is 3.10. The van der Waals surface area contributed by atoms with Gasteiger partial charge in [0.05, 0.1) is 17.7 Å². The van der Waals surface area contributed by atoms with Gasteiger partial charge in [0, 0.05) is 18.8 Å². The Morgan fingerprint density at radius 1 is 1.07 bits per heavy atom. The van der Waals surface area contributed by atoms with E-state index >= 15 is 0 Å². The molecule has 1 aliphatic rings. The summed E-state index contributed by atoms with van der Waals surface area (Å²) in [6.45, 7) is 2.87. The van der Waals surface area contributed by atoms with E-state index in [2.05, 4.69) is 10.6 Å². The zero-order chi connectivity index (χ0) is 20.1. The fourth-order valence-corrected chi connectivity index (χ4v) is 4.62. The molecule has 1 fully saturated rings. The van der Waals surface area contributed by atoms with Crippen LogP contribution in [-0.4, -0.2) is 44.9 Å². The Kier molecular flexibility index (Phi) is 6.21. The topological polar surface area (TPSA) is 87.7 Å². The second-order valence-corrected chi connectivity index (χ2v) is 8.63. The van der Waals surface area contributed by atoms with Crippen LogP contribution >= 0.6 is 0 Å². The molecule has 0 aliphatic carbocycles. The van der Waals surface area contributed by atoms with Crippen molar-refractivity contribution in [3.05, 3.63) is 48.5 Å². The van der Waals surface area contributed by atoms with Crippen LogP contribution in [0.2, 0.25) is 0 Å². The van der Waals surface area contributed by atoms with Gasteiger partial charge in [0.15, 0.2) is 0 Å². The first-order valence-electron chi connectivity index (χ1n) is 9.22. The lowest BCUT2D eigenvalue weighted by Gasteiger charge is -2.18. The SMILES string of the molecule is COc1ccccc1N[C@@H](C)C(=O)Nc1ccc(S(=O)(=O)N2CCCC2)cc1. The summed E-state index contributed by atoms with van der Waals surface area (Å²) in [6.07, 6.45) is 1.79. The van der Waals surface area contributed by atoms with Gasteiger partial charge in [-0.3, -0.25) is 4.79 Å². The number of sulfonamides is 1. The standard InChI is InChI=1S/C20H25N3O4S/c1-15(21-18-7-3-4-8-19(18)27-2)20(24)22-16-9-11-17(12-10-16)28(25,26)23-13-5-6-14-23/h3-4,7-12,15,21H,5-6,13-14H2,1-2H3,(H,22,24)/t15-/m0/s1. The Morgan fingerprint density at radius 2 is 1.71 bits per heavy atom. The number of methoxy groups -OCH3 is 1. The van der Waals surface area contributed by atoms with E-state index in [1.807, 2.05) is 24.3 Å². The van der Waals surface area contributed by atoms with Crippen molar-refractivity contribution in [3.63, 3.8) is 0 Å². The maximum atomic E-state index is 12.6. The van der Waals surface area contributed by atoms with E-state index in [9.17, 15) is 13.2 Å². The third-order valence-corrected chi connectivity index (χ3v) is 6.61. The number of anilines is 2. The summed E-state index contributed by atoms with van der Waals surface area (Å²) in [6, 6.07) is 13.1. The third-order valence-electron chi connectivity index (χ3n) is 4.70. The first-order valence-corrected chi connectivity index (χ1v) is 10.7. The van der Waals surface area contributed by atoms with Crippen molar-refractivity contribution in [1.29, 1.82) is 0 Å². The Hall–Kier alpha value is -2.58. The van der Waals surface area contributed by atoms with Crippen LogP contribution in [0.3, 0.4) is 0 Å². The number of amides is 1. The van der Waals surface area contributed by atoms with Crippen LogP contribution < -0.4 is 15.4 Å². The minimum absolute atomic E-state index is 0.235. The van der Waals surface area contributed by atoms with Gasteiger partial charge < -0.3 is 15.4 Å². The van der Waals surface area contributed by atoms with E-state index < -0.39 is 16.1 Å². The molecular formula is C20H25N3O4S. The highest BCUT2D eigenvalue weighted by molar-refractivity contribution is 7.89. The van der Waals surface area contributed by atoms with E-state index in [0.29, 0.717) is 24.5 Å². The molecule has 150 valence electrons. The van der Waals surface area contributed by atoms with Crippen LogP contribution in [0.25, 0.3) is 0 Å². The van der Waals surface area contributed by atoms with Gasteiger partial charge in [0.1, 0.15) is 11.8 Å². The summed E-state index contributed by atoms with van der Waals surface area (Å²) >= 11 is 0. The average Bonchev–Trinajstić information content (AvgIpc) is 3.24. The monoisotopic (exact) mass is 403 g/mol. The van der Waals surface area contributed by atoms with E-state index in [1.54, 1.807) is 26.2 Å². The number of ether oxygens (including phenoxy) is 1. The van der Waals surface area contributed by atoms with Crippen molar-refractivity contribution in [3.8, 4) is 5.75 Å². The smallest absolute Gasteiger partial charge is 0.246 e. The van der Waals surface area contributed by atoms with Gasteiger partial charge in [-0.2, -0.15) is 4.31 Å². The average molecular weight is 404 g/mol. The molecule has 8 heteroatoms. The van der Waals surface area contributed by atoms with Gasteiger partial charge in [0.25, 0.3) is 0 Å². The zero-order valence-corrected chi connectivity index (χ0v) is 16.8. The zero-order valence-electron chi connectivity index (χ0n) is 16.0. The number of nitrogens with one attached hydrogen (secondary N) is 2. The molecule has 1 amide bonds. The molecule has 2 aromatic rings. The molecule has 0 aromatic heterocycles. The van der Waals surface area contributed by atoms with Crippen molar-refractivity contribution < 1.29 is 17.9 Å². The summed E-state index contributed by atoms with van der Waals surface area (Å²) in [7, 11) is -1.88. The quantitative estimate of drug-likeness (QED) is 0.742. The number of carbonyl (C=O) groups excluding carboxylic acids is 1. The van der Waals surface area contributed by atoms with Crippen molar-refractivity contribution in [2.24, 2.45) is 0 Å². The van der Waals surface area contributed by atoms with Gasteiger partial charge in [-0.25, -0.2) is 8.42 Å². The lowest BCUT2D eigenvalue weighted by molar-refractivity contribution is -0.116. The molecule has 0 unspecified atom stereocenters. The first kappa shape index (κ1) is 20.2. The van der Waals surface area contributed by atoms with E-state index in [0.717, 1.165) is 18.5 Å². The normalized spacial score (nSPS) is 15.8. The van der Waals surface area contributed by atoms with Gasteiger partial charge in [-0.05, 0) is 56.2 Å². The fraction of sp³-hybridized carbons (Fsp3) is 0.350. The highest BCUT2D eigenvalue weighted by Crippen LogP contribution is 2.25. The van der Waals surface area contributed by atoms with Gasteiger partial charge in [0.2, 0.25) is 15.9 Å². The Bertz CT molecular complexity index is 923. The Labute approximate surface area is 165 Å². The Balaban J connectivity index is 1.64. The lowest BCUT2D eigenvalue weighted by atomic mass is 10.2. The van der Waals surface area contributed by atoms with Gasteiger partial charge in [-0.15, -0.1) is 0 Å². The molecule has 1 saturated heterocycles. The molecule has 1 heterocycles. The molecule has 2 aromatic carbocycles. The van der Waals surface area contributed by atoms with Crippen LogP contribution in [0.1, 0.15) is 19.8 Å². The number of benzene rings is 2. The highest BCUT2D eigenvalue weighted by Gasteiger charge is 2.27. The van der Waals surface area contributed by atoms with Crippen LogP contribution in [0, 0.1) is 0 Å². The van der Waals surface area contributed by atoms with Crippen molar-refractivity contribution in [2.75, 3.05) is 30.8 Å². The second-order valence-electron chi connectivity index (χ2n) is 6.69. The maximum absolute atomic E-state index is 12.6. The summed E-state index contributed by atoms with van der Waals surface area (Å²) in [5.74, 6) is 0.416. The molecule has 0 saturated carbocycles. The van der Waals surface area contributed by atoms with Crippen molar-refractivity contribution in [1.82, 2.24) is 4.31 Å². The molecule has 7 nitrogen and oxygen atoms in total. The summed E-state index contributed by atoms with van der Waals surface area (Å²) in [4.78, 5) is 12.7. The largest absolute Gasteiger partial charge is 0.495 e. The molecule has 3 rings (SSSR count). The van der Waals surface area contributed by atoms with Crippen molar-refractivity contribution in [2.45, 2.75) is 30.7 Å². The molecule has 0 spiro atoms. The van der Waals surface area contributed by atoms with Gasteiger partial charge in [-0.1, -0.05) is 12.1 Å². The van der Waals surface area contributed by atoms with Crippen LogP contribution in [0.5, 0.6) is 5.75 Å². The number of rotatable bonds is 7. The number of hydrogen-bond donors (Lipinski definition) is 2. The number of carbonyl (C=O) groups is 1. The minimum atomic E-state index is -3.45. The lowest BCUT2D eigenvalue weighted by Crippen LogP contribution is -2.32. The highest BCUT2D eigenvalue weighted by atomic mass is 32.2. The minimum Gasteiger partial charge on any atom is -0.495 e. The summed E-state index contributed by atoms with van der Waals surface area (Å²) in [5.41, 5.74) is 1.26. The second kappa shape index (κ2) is 8.62. The molecular weight excluding hydrogens is 378 g/mol. The van der Waals surface area contributed by atoms with E-state index in [1.165, 1.54) is 16.4 Å². The predicted molar refractivity (Wildman–Crippen MR) is 109 cm³/mol. The molecule has 0 bridgehead atoms. The van der Waals surface area contributed by atoms with Gasteiger partial charge >= 0.3 is 0 Å². The predicted octanol–water partition coefficient (Wildman–Crippen LogP) is 2.92. The maximum Gasteiger partial charge on any atom is 0.246 e. The van der Waals surface area contributed by atoms with E-state index in [4.69, 9.17) is 4.74 Å². The summed E-state index contributed by atoms with van der Waals surface area (Å²) < 4.78 is 31.9. The van der Waals surface area contributed by atoms with Crippen LogP contribution in [0.15, 0.2) is 53.4 Å². The third kappa shape index (κ3) is 4.45. The van der Waals surface area contributed by atoms with Crippen molar-refractivity contribution >= 4 is 27.3 Å². The number of hydrogen-bond acceptors (Lipinski definition) is 5. The molecule has 1 atom stereocenters. The number of para-hydroxylation sites is 2.